The lowest BCUT2D eigenvalue weighted by Gasteiger charge is -2.12. The Morgan fingerprint density at radius 2 is 2.05 bits per heavy atom. The molecule has 0 atom stereocenters. The van der Waals surface area contributed by atoms with E-state index in [4.69, 9.17) is 16.3 Å². The quantitative estimate of drug-likeness (QED) is 0.822. The number of aromatic hydroxyl groups is 1. The maximum atomic E-state index is 12.0. The molecule has 0 radical (unpaired) electrons. The summed E-state index contributed by atoms with van der Waals surface area (Å²) in [6, 6.07) is 6.60. The molecule has 0 spiro atoms. The number of rotatable bonds is 5. The van der Waals surface area contributed by atoms with Gasteiger partial charge in [0.15, 0.2) is 0 Å². The van der Waals surface area contributed by atoms with Crippen molar-refractivity contribution in [2.75, 3.05) is 13.2 Å². The number of H-pyrrole nitrogens is 1. The van der Waals surface area contributed by atoms with Crippen molar-refractivity contribution < 1.29 is 9.84 Å². The minimum Gasteiger partial charge on any atom is -0.494 e. The molecule has 0 aliphatic rings. The highest BCUT2D eigenvalue weighted by molar-refractivity contribution is 6.33. The summed E-state index contributed by atoms with van der Waals surface area (Å²) in [4.78, 5) is 25.9. The van der Waals surface area contributed by atoms with Gasteiger partial charge in [-0.2, -0.15) is 0 Å². The van der Waals surface area contributed by atoms with Crippen LogP contribution in [0.4, 0.5) is 0 Å². The summed E-state index contributed by atoms with van der Waals surface area (Å²) in [6.45, 7) is 2.70. The fraction of sp³-hybridized carbons (Fsp3) is 0.286. The Labute approximate surface area is 125 Å². The molecule has 0 amide bonds. The molecular formula is C14H15ClN2O4. The summed E-state index contributed by atoms with van der Waals surface area (Å²) in [5.74, 6) is -0.420. The Kier molecular flexibility index (Phi) is 4.82. The highest BCUT2D eigenvalue weighted by atomic mass is 35.5. The van der Waals surface area contributed by atoms with Crippen LogP contribution >= 0.6 is 11.6 Å². The van der Waals surface area contributed by atoms with Crippen LogP contribution in [0.3, 0.4) is 0 Å². The molecule has 6 nitrogen and oxygen atoms in total. The van der Waals surface area contributed by atoms with Crippen LogP contribution in [0.5, 0.6) is 5.88 Å². The van der Waals surface area contributed by atoms with Crippen molar-refractivity contribution in [1.29, 1.82) is 0 Å². The van der Waals surface area contributed by atoms with E-state index in [2.05, 4.69) is 4.98 Å². The van der Waals surface area contributed by atoms with E-state index in [0.717, 1.165) is 4.57 Å². The normalized spacial score (nSPS) is 10.8. The molecule has 0 aliphatic heterocycles. The van der Waals surface area contributed by atoms with E-state index in [0.29, 0.717) is 17.2 Å². The number of benzene rings is 1. The molecule has 2 N–H and O–H groups in total. The summed E-state index contributed by atoms with van der Waals surface area (Å²) in [7, 11) is 0. The van der Waals surface area contributed by atoms with Crippen molar-refractivity contribution in [3.05, 3.63) is 50.1 Å². The molecular weight excluding hydrogens is 296 g/mol. The van der Waals surface area contributed by atoms with Crippen LogP contribution in [-0.4, -0.2) is 27.9 Å². The first-order valence-electron chi connectivity index (χ1n) is 6.45. The number of hydrogen-bond acceptors (Lipinski definition) is 4. The average Bonchev–Trinajstić information content (AvgIpc) is 2.44. The Bertz CT molecular complexity index is 751. The largest absolute Gasteiger partial charge is 0.494 e. The van der Waals surface area contributed by atoms with Gasteiger partial charge in [-0.3, -0.25) is 14.3 Å². The highest BCUT2D eigenvalue weighted by Gasteiger charge is 2.17. The van der Waals surface area contributed by atoms with Crippen molar-refractivity contribution in [3.8, 4) is 17.0 Å². The monoisotopic (exact) mass is 310 g/mol. The van der Waals surface area contributed by atoms with Gasteiger partial charge < -0.3 is 9.84 Å². The Morgan fingerprint density at radius 3 is 2.71 bits per heavy atom. The van der Waals surface area contributed by atoms with E-state index >= 15 is 0 Å². The Hall–Kier alpha value is -2.05. The number of nitrogens with zero attached hydrogens (tertiary/aromatic N) is 1. The van der Waals surface area contributed by atoms with E-state index in [1.807, 2.05) is 6.92 Å². The zero-order valence-corrected chi connectivity index (χ0v) is 12.2. The van der Waals surface area contributed by atoms with E-state index < -0.39 is 17.1 Å². The molecule has 1 aromatic carbocycles. The fourth-order valence-corrected chi connectivity index (χ4v) is 2.20. The molecule has 0 fully saturated rings. The van der Waals surface area contributed by atoms with Gasteiger partial charge >= 0.3 is 5.69 Å². The highest BCUT2D eigenvalue weighted by Crippen LogP contribution is 2.30. The lowest BCUT2D eigenvalue weighted by Crippen LogP contribution is -2.32. The third-order valence-electron chi connectivity index (χ3n) is 2.98. The number of nitrogens with one attached hydrogen (secondary N) is 1. The molecule has 21 heavy (non-hydrogen) atoms. The first-order valence-corrected chi connectivity index (χ1v) is 6.82. The molecule has 2 aromatic rings. The van der Waals surface area contributed by atoms with Crippen molar-refractivity contribution >= 4 is 11.6 Å². The first kappa shape index (κ1) is 15.3. The van der Waals surface area contributed by atoms with Gasteiger partial charge in [0.1, 0.15) is 5.56 Å². The molecule has 0 bridgehead atoms. The lowest BCUT2D eigenvalue weighted by atomic mass is 10.1. The molecule has 7 heteroatoms. The van der Waals surface area contributed by atoms with Gasteiger partial charge in [-0.1, -0.05) is 29.8 Å². The van der Waals surface area contributed by atoms with Gasteiger partial charge in [0.25, 0.3) is 5.56 Å². The SMILES string of the molecule is CCOCCn1c(O)c(-c2ccccc2Cl)c(=O)[nH]c1=O. The van der Waals surface area contributed by atoms with Gasteiger partial charge in [-0.15, -0.1) is 0 Å². The minimum absolute atomic E-state index is 0.0308. The average molecular weight is 311 g/mol. The van der Waals surface area contributed by atoms with Gasteiger partial charge in [0.05, 0.1) is 13.2 Å². The molecule has 2 rings (SSSR count). The zero-order chi connectivity index (χ0) is 15.4. The standard InChI is InChI=1S/C14H15ClN2O4/c1-2-21-8-7-17-13(19)11(12(18)16-14(17)20)9-5-3-4-6-10(9)15/h3-6,19H,2,7-8H2,1H3,(H,16,18,20). The number of hydrogen-bond donors (Lipinski definition) is 2. The van der Waals surface area contributed by atoms with E-state index in [1.165, 1.54) is 0 Å². The van der Waals surface area contributed by atoms with Crippen LogP contribution < -0.4 is 11.2 Å². The predicted octanol–water partition coefficient (Wildman–Crippen LogP) is 1.60. The van der Waals surface area contributed by atoms with Gasteiger partial charge in [-0.25, -0.2) is 4.79 Å². The first-order chi connectivity index (χ1) is 10.1. The van der Waals surface area contributed by atoms with Crippen LogP contribution in [0.1, 0.15) is 6.92 Å². The van der Waals surface area contributed by atoms with E-state index in [9.17, 15) is 14.7 Å². The summed E-state index contributed by atoms with van der Waals surface area (Å²) < 4.78 is 6.21. The topological polar surface area (TPSA) is 84.3 Å². The van der Waals surface area contributed by atoms with Crippen molar-refractivity contribution in [1.82, 2.24) is 9.55 Å². The van der Waals surface area contributed by atoms with Crippen molar-refractivity contribution in [2.45, 2.75) is 13.5 Å². The van der Waals surface area contributed by atoms with Crippen LogP contribution in [0.2, 0.25) is 5.02 Å². The molecule has 0 saturated heterocycles. The Morgan fingerprint density at radius 1 is 1.33 bits per heavy atom. The van der Waals surface area contributed by atoms with Crippen molar-refractivity contribution in [3.63, 3.8) is 0 Å². The maximum absolute atomic E-state index is 12.0. The second-order valence-electron chi connectivity index (χ2n) is 4.29. The minimum atomic E-state index is -0.687. The van der Waals surface area contributed by atoms with Gasteiger partial charge in [0, 0.05) is 17.2 Å². The summed E-state index contributed by atoms with van der Waals surface area (Å²) in [5, 5.41) is 10.6. The van der Waals surface area contributed by atoms with Crippen LogP contribution in [0.15, 0.2) is 33.9 Å². The van der Waals surface area contributed by atoms with Crippen molar-refractivity contribution in [2.24, 2.45) is 0 Å². The van der Waals surface area contributed by atoms with E-state index in [1.54, 1.807) is 24.3 Å². The maximum Gasteiger partial charge on any atom is 0.331 e. The number of aromatic nitrogens is 2. The molecule has 0 saturated carbocycles. The fourth-order valence-electron chi connectivity index (χ4n) is 1.97. The molecule has 1 heterocycles. The summed E-state index contributed by atoms with van der Waals surface area (Å²) in [6.07, 6.45) is 0. The molecule has 112 valence electrons. The third-order valence-corrected chi connectivity index (χ3v) is 3.31. The lowest BCUT2D eigenvalue weighted by molar-refractivity contribution is 0.135. The van der Waals surface area contributed by atoms with Crippen LogP contribution in [0, 0.1) is 0 Å². The molecule has 1 aromatic heterocycles. The molecule has 0 aliphatic carbocycles. The number of aromatic amines is 1. The zero-order valence-electron chi connectivity index (χ0n) is 11.4. The second-order valence-corrected chi connectivity index (χ2v) is 4.69. The summed E-state index contributed by atoms with van der Waals surface area (Å²) in [5.41, 5.74) is -1.04. The smallest absolute Gasteiger partial charge is 0.331 e. The third kappa shape index (κ3) is 3.17. The van der Waals surface area contributed by atoms with Crippen LogP contribution in [0.25, 0.3) is 11.1 Å². The number of halogens is 1. The van der Waals surface area contributed by atoms with E-state index in [-0.39, 0.29) is 18.7 Å². The number of ether oxygens (including phenoxy) is 1. The van der Waals surface area contributed by atoms with Crippen LogP contribution in [-0.2, 0) is 11.3 Å². The van der Waals surface area contributed by atoms with Gasteiger partial charge in [0.2, 0.25) is 5.88 Å². The Balaban J connectivity index is 2.57. The predicted molar refractivity (Wildman–Crippen MR) is 79.9 cm³/mol. The molecule has 0 unspecified atom stereocenters. The summed E-state index contributed by atoms with van der Waals surface area (Å²) >= 11 is 6.05. The second kappa shape index (κ2) is 6.60. The van der Waals surface area contributed by atoms with Gasteiger partial charge in [-0.05, 0) is 13.0 Å².